The third-order valence-corrected chi connectivity index (χ3v) is 5.14. The molecular formula is C21H24N4O2. The number of piperidine rings is 1. The Labute approximate surface area is 159 Å². The number of nitrogens with zero attached hydrogens (tertiary/aromatic N) is 3. The van der Waals surface area contributed by atoms with Crippen molar-refractivity contribution in [1.29, 1.82) is 0 Å². The molecule has 2 aromatic rings. The molecule has 0 aliphatic carbocycles. The first-order valence-electron chi connectivity index (χ1n) is 9.22. The Kier molecular flexibility index (Phi) is 4.58. The quantitative estimate of drug-likeness (QED) is 0.910. The molecule has 1 spiro atoms. The molecule has 0 aromatic heterocycles. The molecule has 2 aliphatic heterocycles. The van der Waals surface area contributed by atoms with E-state index in [2.05, 4.69) is 5.48 Å². The second kappa shape index (κ2) is 7.04. The molecule has 1 fully saturated rings. The molecular weight excluding hydrogens is 340 g/mol. The van der Waals surface area contributed by atoms with Crippen LogP contribution >= 0.6 is 0 Å². The fourth-order valence-electron chi connectivity index (χ4n) is 3.48. The molecule has 2 aromatic carbocycles. The van der Waals surface area contributed by atoms with Gasteiger partial charge in [-0.15, -0.1) is 0 Å². The predicted molar refractivity (Wildman–Crippen MR) is 106 cm³/mol. The lowest BCUT2D eigenvalue weighted by molar-refractivity contribution is -0.0849. The van der Waals surface area contributed by atoms with E-state index in [1.54, 1.807) is 0 Å². The molecule has 2 aliphatic rings. The van der Waals surface area contributed by atoms with Crippen molar-refractivity contribution in [2.45, 2.75) is 18.6 Å². The number of hydroxylamine groups is 1. The lowest BCUT2D eigenvalue weighted by Crippen LogP contribution is -2.46. The molecule has 6 nitrogen and oxygen atoms in total. The van der Waals surface area contributed by atoms with E-state index in [9.17, 15) is 4.79 Å². The Morgan fingerprint density at radius 3 is 2.56 bits per heavy atom. The number of rotatable bonds is 3. The number of amides is 1. The first kappa shape index (κ1) is 17.5. The van der Waals surface area contributed by atoms with E-state index < -0.39 is 5.72 Å². The molecule has 0 unspecified atom stereocenters. The fourth-order valence-corrected chi connectivity index (χ4v) is 3.48. The van der Waals surface area contributed by atoms with Crippen LogP contribution in [0.4, 0.5) is 5.69 Å². The number of benzene rings is 2. The van der Waals surface area contributed by atoms with Crippen LogP contribution < -0.4 is 10.4 Å². The zero-order valence-electron chi connectivity index (χ0n) is 15.7. The molecule has 140 valence electrons. The van der Waals surface area contributed by atoms with Crippen LogP contribution in [0.15, 0.2) is 59.6 Å². The number of anilines is 1. The van der Waals surface area contributed by atoms with Crippen molar-refractivity contribution in [2.24, 2.45) is 4.99 Å². The fraction of sp³-hybridized carbons (Fsp3) is 0.333. The lowest BCUT2D eigenvalue weighted by atomic mass is 10.00. The highest BCUT2D eigenvalue weighted by Gasteiger charge is 2.41. The van der Waals surface area contributed by atoms with Crippen LogP contribution in [0.25, 0.3) is 0 Å². The van der Waals surface area contributed by atoms with Gasteiger partial charge in [0.15, 0.2) is 11.6 Å². The monoisotopic (exact) mass is 364 g/mol. The highest BCUT2D eigenvalue weighted by atomic mass is 16.7. The summed E-state index contributed by atoms with van der Waals surface area (Å²) in [6.45, 7) is 1.25. The van der Waals surface area contributed by atoms with Crippen LogP contribution in [0.2, 0.25) is 0 Å². The SMILES string of the molecule is CN(C)c1cccc(C(=O)N2CCC3(CC2)N=C(c2ccccc2)NO3)c1. The molecule has 0 bridgehead atoms. The van der Waals surface area contributed by atoms with Gasteiger partial charge in [0.25, 0.3) is 5.91 Å². The molecule has 1 saturated heterocycles. The smallest absolute Gasteiger partial charge is 0.253 e. The third kappa shape index (κ3) is 3.53. The molecule has 2 heterocycles. The van der Waals surface area contributed by atoms with Crippen molar-refractivity contribution in [2.75, 3.05) is 32.1 Å². The second-order valence-corrected chi connectivity index (χ2v) is 7.21. The summed E-state index contributed by atoms with van der Waals surface area (Å²) in [7, 11) is 3.95. The maximum Gasteiger partial charge on any atom is 0.253 e. The molecule has 6 heteroatoms. The van der Waals surface area contributed by atoms with E-state index in [0.29, 0.717) is 25.9 Å². The summed E-state index contributed by atoms with van der Waals surface area (Å²) in [4.78, 5) is 27.4. The van der Waals surface area contributed by atoms with Crippen LogP contribution in [0, 0.1) is 0 Å². The molecule has 4 rings (SSSR count). The van der Waals surface area contributed by atoms with Gasteiger partial charge in [-0.1, -0.05) is 36.4 Å². The van der Waals surface area contributed by atoms with Gasteiger partial charge in [-0.05, 0) is 18.2 Å². The van der Waals surface area contributed by atoms with E-state index >= 15 is 0 Å². The zero-order chi connectivity index (χ0) is 18.9. The van der Waals surface area contributed by atoms with Gasteiger partial charge in [0, 0.05) is 56.8 Å². The van der Waals surface area contributed by atoms with Gasteiger partial charge in [-0.25, -0.2) is 15.3 Å². The Balaban J connectivity index is 1.44. The second-order valence-electron chi connectivity index (χ2n) is 7.21. The van der Waals surface area contributed by atoms with Crippen molar-refractivity contribution in [1.82, 2.24) is 10.4 Å². The summed E-state index contributed by atoms with van der Waals surface area (Å²) in [5, 5.41) is 0. The predicted octanol–water partition coefficient (Wildman–Crippen LogP) is 2.67. The number of amidine groups is 1. The highest BCUT2D eigenvalue weighted by Crippen LogP contribution is 2.31. The van der Waals surface area contributed by atoms with Gasteiger partial charge in [-0.3, -0.25) is 4.79 Å². The standard InChI is InChI=1S/C21H24N4O2/c1-24(2)18-10-6-9-17(15-18)20(26)25-13-11-21(12-14-25)22-19(23-27-21)16-7-4-3-5-8-16/h3-10,15H,11-14H2,1-2H3,(H,22,23). The van der Waals surface area contributed by atoms with Gasteiger partial charge < -0.3 is 9.80 Å². The summed E-state index contributed by atoms with van der Waals surface area (Å²) < 4.78 is 0. The number of hydrogen-bond donors (Lipinski definition) is 1. The number of carbonyl (C=O) groups is 1. The molecule has 0 atom stereocenters. The Morgan fingerprint density at radius 2 is 1.85 bits per heavy atom. The first-order valence-corrected chi connectivity index (χ1v) is 9.22. The Hall–Kier alpha value is -2.86. The van der Waals surface area contributed by atoms with Gasteiger partial charge in [0.05, 0.1) is 0 Å². The van der Waals surface area contributed by atoms with E-state index in [0.717, 1.165) is 22.6 Å². The topological polar surface area (TPSA) is 57.2 Å². The average Bonchev–Trinajstić information content (AvgIpc) is 3.12. The minimum absolute atomic E-state index is 0.0618. The van der Waals surface area contributed by atoms with Crippen LogP contribution in [0.1, 0.15) is 28.8 Å². The summed E-state index contributed by atoms with van der Waals surface area (Å²) in [5.41, 5.74) is 5.14. The van der Waals surface area contributed by atoms with Gasteiger partial charge in [0.2, 0.25) is 0 Å². The minimum atomic E-state index is -0.576. The number of aliphatic imine (C=N–C) groups is 1. The molecule has 1 amide bonds. The van der Waals surface area contributed by atoms with Crippen LogP contribution in [0.5, 0.6) is 0 Å². The maximum absolute atomic E-state index is 12.9. The van der Waals surface area contributed by atoms with Gasteiger partial charge >= 0.3 is 0 Å². The van der Waals surface area contributed by atoms with E-state index in [-0.39, 0.29) is 5.91 Å². The van der Waals surface area contributed by atoms with Crippen molar-refractivity contribution >= 4 is 17.4 Å². The Morgan fingerprint density at radius 1 is 1.11 bits per heavy atom. The number of nitrogens with one attached hydrogen (secondary N) is 1. The largest absolute Gasteiger partial charge is 0.378 e. The molecule has 0 radical (unpaired) electrons. The average molecular weight is 364 g/mol. The van der Waals surface area contributed by atoms with Crippen molar-refractivity contribution in [3.63, 3.8) is 0 Å². The maximum atomic E-state index is 12.9. The van der Waals surface area contributed by atoms with Crippen LogP contribution in [-0.2, 0) is 4.84 Å². The molecule has 1 N–H and O–H groups in total. The summed E-state index contributed by atoms with van der Waals surface area (Å²) in [6.07, 6.45) is 1.35. The zero-order valence-corrected chi connectivity index (χ0v) is 15.7. The van der Waals surface area contributed by atoms with Crippen LogP contribution in [0.3, 0.4) is 0 Å². The first-order chi connectivity index (χ1) is 13.1. The third-order valence-electron chi connectivity index (χ3n) is 5.14. The van der Waals surface area contributed by atoms with E-state index in [1.807, 2.05) is 78.5 Å². The van der Waals surface area contributed by atoms with E-state index in [1.165, 1.54) is 0 Å². The minimum Gasteiger partial charge on any atom is -0.378 e. The molecule has 27 heavy (non-hydrogen) atoms. The van der Waals surface area contributed by atoms with Crippen LogP contribution in [-0.4, -0.2) is 49.6 Å². The number of hydrogen-bond acceptors (Lipinski definition) is 5. The summed E-state index contributed by atoms with van der Waals surface area (Å²) in [5.74, 6) is 0.820. The number of carbonyl (C=O) groups excluding carboxylic acids is 1. The summed E-state index contributed by atoms with van der Waals surface area (Å²) in [6, 6.07) is 17.7. The normalized spacial score (nSPS) is 18.1. The van der Waals surface area contributed by atoms with Gasteiger partial charge in [0.1, 0.15) is 0 Å². The summed E-state index contributed by atoms with van der Waals surface area (Å²) >= 11 is 0. The number of likely N-dealkylation sites (tertiary alicyclic amines) is 1. The van der Waals surface area contributed by atoms with E-state index in [4.69, 9.17) is 9.83 Å². The lowest BCUT2D eigenvalue weighted by Gasteiger charge is -2.35. The van der Waals surface area contributed by atoms with Crippen molar-refractivity contribution in [3.05, 3.63) is 65.7 Å². The molecule has 0 saturated carbocycles. The van der Waals surface area contributed by atoms with Gasteiger partial charge in [-0.2, -0.15) is 0 Å². The van der Waals surface area contributed by atoms with Crippen molar-refractivity contribution in [3.8, 4) is 0 Å². The van der Waals surface area contributed by atoms with Crippen molar-refractivity contribution < 1.29 is 9.63 Å². The highest BCUT2D eigenvalue weighted by molar-refractivity contribution is 5.99. The Bertz CT molecular complexity index is 855.